The zero-order valence-electron chi connectivity index (χ0n) is 11.8. The number of nitro benzene ring substituents is 1. The largest absolute Gasteiger partial charge is 0.397 e. The summed E-state index contributed by atoms with van der Waals surface area (Å²) in [5.74, 6) is 0.332. The highest BCUT2D eigenvalue weighted by atomic mass is 32.2. The van der Waals surface area contributed by atoms with Gasteiger partial charge in [-0.3, -0.25) is 10.1 Å². The monoisotopic (exact) mass is 313 g/mol. The number of nitro groups is 1. The zero-order chi connectivity index (χ0) is 15.6. The van der Waals surface area contributed by atoms with Crippen molar-refractivity contribution in [1.29, 1.82) is 0 Å². The molecule has 0 aliphatic heterocycles. The van der Waals surface area contributed by atoms with E-state index in [4.69, 9.17) is 5.73 Å². The summed E-state index contributed by atoms with van der Waals surface area (Å²) >= 11 is 0. The number of nitrogens with one attached hydrogen (secondary N) is 1. The van der Waals surface area contributed by atoms with Crippen LogP contribution in [-0.2, 0) is 10.0 Å². The molecule has 0 aromatic heterocycles. The summed E-state index contributed by atoms with van der Waals surface area (Å²) in [5.41, 5.74) is 5.31. The summed E-state index contributed by atoms with van der Waals surface area (Å²) in [4.78, 5) is 9.93. The van der Waals surface area contributed by atoms with E-state index in [0.29, 0.717) is 5.92 Å². The lowest BCUT2D eigenvalue weighted by Gasteiger charge is -2.20. The van der Waals surface area contributed by atoms with Crippen LogP contribution in [0.1, 0.15) is 32.6 Å². The number of benzene rings is 1. The van der Waals surface area contributed by atoms with Gasteiger partial charge in [0.05, 0.1) is 10.6 Å². The maximum atomic E-state index is 12.3. The lowest BCUT2D eigenvalue weighted by molar-refractivity contribution is -0.384. The van der Waals surface area contributed by atoms with Crippen molar-refractivity contribution < 1.29 is 13.3 Å². The second-order valence-electron chi connectivity index (χ2n) is 5.43. The van der Waals surface area contributed by atoms with Gasteiger partial charge in [-0.05, 0) is 31.7 Å². The van der Waals surface area contributed by atoms with Gasteiger partial charge in [0.25, 0.3) is 5.69 Å². The van der Waals surface area contributed by atoms with Crippen molar-refractivity contribution >= 4 is 21.4 Å². The molecule has 0 spiro atoms. The average molecular weight is 313 g/mol. The van der Waals surface area contributed by atoms with Crippen molar-refractivity contribution in [3.8, 4) is 0 Å². The van der Waals surface area contributed by atoms with E-state index >= 15 is 0 Å². The van der Waals surface area contributed by atoms with Crippen molar-refractivity contribution in [2.45, 2.75) is 43.5 Å². The van der Waals surface area contributed by atoms with E-state index in [2.05, 4.69) is 4.72 Å². The predicted octanol–water partition coefficient (Wildman–Crippen LogP) is 2.03. The van der Waals surface area contributed by atoms with Gasteiger partial charge in [-0.1, -0.05) is 12.8 Å². The van der Waals surface area contributed by atoms with Crippen molar-refractivity contribution in [3.05, 3.63) is 28.3 Å². The highest BCUT2D eigenvalue weighted by molar-refractivity contribution is 7.89. The Morgan fingerprint density at radius 1 is 1.38 bits per heavy atom. The smallest absolute Gasteiger partial charge is 0.271 e. The number of nitrogen functional groups attached to an aromatic ring is 1. The molecule has 0 saturated heterocycles. The van der Waals surface area contributed by atoms with Crippen LogP contribution in [-0.4, -0.2) is 19.4 Å². The molecule has 1 unspecified atom stereocenters. The summed E-state index contributed by atoms with van der Waals surface area (Å²) in [5, 5.41) is 10.7. The zero-order valence-corrected chi connectivity index (χ0v) is 12.6. The van der Waals surface area contributed by atoms with Crippen LogP contribution < -0.4 is 10.5 Å². The molecule has 1 aliphatic carbocycles. The van der Waals surface area contributed by atoms with E-state index in [-0.39, 0.29) is 22.3 Å². The third kappa shape index (κ3) is 3.51. The standard InChI is InChI=1S/C13H19N3O4S/c1-9(10-4-2-3-5-10)15-21(19,20)13-7-6-11(16(17)18)8-12(13)14/h6-10,15H,2-5,14H2,1H3. The van der Waals surface area contributed by atoms with Crippen LogP contribution in [0, 0.1) is 16.0 Å². The molecule has 3 N–H and O–H groups in total. The molecule has 0 heterocycles. The molecule has 116 valence electrons. The molecule has 0 bridgehead atoms. The molecule has 1 aromatic rings. The summed E-state index contributed by atoms with van der Waals surface area (Å²) in [6, 6.07) is 3.21. The normalized spacial score (nSPS) is 17.8. The van der Waals surface area contributed by atoms with E-state index in [9.17, 15) is 18.5 Å². The lowest BCUT2D eigenvalue weighted by Crippen LogP contribution is -2.37. The van der Waals surface area contributed by atoms with Crippen LogP contribution in [0.2, 0.25) is 0 Å². The topological polar surface area (TPSA) is 115 Å². The van der Waals surface area contributed by atoms with E-state index < -0.39 is 14.9 Å². The van der Waals surface area contributed by atoms with Gasteiger partial charge in [0.1, 0.15) is 4.90 Å². The van der Waals surface area contributed by atoms with Gasteiger partial charge >= 0.3 is 0 Å². The first-order chi connectivity index (χ1) is 9.81. The molecule has 1 aromatic carbocycles. The molecule has 21 heavy (non-hydrogen) atoms. The fourth-order valence-electron chi connectivity index (χ4n) is 2.76. The number of hydrogen-bond donors (Lipinski definition) is 2. The van der Waals surface area contributed by atoms with Gasteiger partial charge in [-0.15, -0.1) is 0 Å². The minimum Gasteiger partial charge on any atom is -0.397 e. The van der Waals surface area contributed by atoms with Gasteiger partial charge in [-0.2, -0.15) is 0 Å². The molecule has 0 amide bonds. The van der Waals surface area contributed by atoms with Gasteiger partial charge in [0.15, 0.2) is 0 Å². The Morgan fingerprint density at radius 3 is 2.52 bits per heavy atom. The molecular formula is C13H19N3O4S. The van der Waals surface area contributed by atoms with Crippen molar-refractivity contribution in [2.24, 2.45) is 5.92 Å². The minimum atomic E-state index is -3.77. The molecule has 2 rings (SSSR count). The Hall–Kier alpha value is -1.67. The molecule has 1 fully saturated rings. The van der Waals surface area contributed by atoms with Crippen LogP contribution in [0.3, 0.4) is 0 Å². The second kappa shape index (κ2) is 5.98. The highest BCUT2D eigenvalue weighted by Gasteiger charge is 2.27. The van der Waals surface area contributed by atoms with E-state index in [0.717, 1.165) is 37.8 Å². The van der Waals surface area contributed by atoms with Crippen LogP contribution in [0.4, 0.5) is 11.4 Å². The molecule has 1 atom stereocenters. The fraction of sp³-hybridized carbons (Fsp3) is 0.538. The number of hydrogen-bond acceptors (Lipinski definition) is 5. The summed E-state index contributed by atoms with van der Waals surface area (Å²) < 4.78 is 27.3. The first-order valence-electron chi connectivity index (χ1n) is 6.87. The summed E-state index contributed by atoms with van der Waals surface area (Å²) in [6.07, 6.45) is 4.27. The van der Waals surface area contributed by atoms with Crippen LogP contribution in [0.5, 0.6) is 0 Å². The van der Waals surface area contributed by atoms with E-state index in [1.807, 2.05) is 6.92 Å². The Labute approximate surface area is 123 Å². The number of sulfonamides is 1. The van der Waals surface area contributed by atoms with Gasteiger partial charge in [-0.25, -0.2) is 13.1 Å². The van der Waals surface area contributed by atoms with Crippen molar-refractivity contribution in [2.75, 3.05) is 5.73 Å². The Balaban J connectivity index is 2.21. The Kier molecular flexibility index (Phi) is 4.48. The van der Waals surface area contributed by atoms with E-state index in [1.165, 1.54) is 6.07 Å². The number of nitrogens with two attached hydrogens (primary N) is 1. The Bertz CT molecular complexity index is 639. The second-order valence-corrected chi connectivity index (χ2v) is 7.12. The maximum Gasteiger partial charge on any atom is 0.271 e. The summed E-state index contributed by atoms with van der Waals surface area (Å²) in [6.45, 7) is 1.84. The third-order valence-corrected chi connectivity index (χ3v) is 5.57. The summed E-state index contributed by atoms with van der Waals surface area (Å²) in [7, 11) is -3.77. The van der Waals surface area contributed by atoms with Gasteiger partial charge < -0.3 is 5.73 Å². The first kappa shape index (κ1) is 15.7. The Morgan fingerprint density at radius 2 is 2.00 bits per heavy atom. The third-order valence-electron chi connectivity index (χ3n) is 3.94. The molecule has 7 nitrogen and oxygen atoms in total. The quantitative estimate of drug-likeness (QED) is 0.490. The lowest BCUT2D eigenvalue weighted by atomic mass is 10.0. The number of anilines is 1. The van der Waals surface area contributed by atoms with Gasteiger partial charge in [0.2, 0.25) is 10.0 Å². The van der Waals surface area contributed by atoms with E-state index in [1.54, 1.807) is 0 Å². The number of nitrogens with zero attached hydrogens (tertiary/aromatic N) is 1. The maximum absolute atomic E-state index is 12.3. The minimum absolute atomic E-state index is 0.113. The molecule has 1 aliphatic rings. The van der Waals surface area contributed by atoms with Crippen LogP contribution >= 0.6 is 0 Å². The number of rotatable bonds is 5. The van der Waals surface area contributed by atoms with Gasteiger partial charge in [0, 0.05) is 18.2 Å². The van der Waals surface area contributed by atoms with Crippen molar-refractivity contribution in [3.63, 3.8) is 0 Å². The van der Waals surface area contributed by atoms with Crippen LogP contribution in [0.25, 0.3) is 0 Å². The number of non-ortho nitro benzene ring substituents is 1. The SMILES string of the molecule is CC(NS(=O)(=O)c1ccc([N+](=O)[O-])cc1N)C1CCCC1. The average Bonchev–Trinajstić information content (AvgIpc) is 2.91. The predicted molar refractivity (Wildman–Crippen MR) is 79.3 cm³/mol. The van der Waals surface area contributed by atoms with Crippen LogP contribution in [0.15, 0.2) is 23.1 Å². The fourth-order valence-corrected chi connectivity index (χ4v) is 4.18. The molecule has 8 heteroatoms. The molecular weight excluding hydrogens is 294 g/mol. The molecule has 1 saturated carbocycles. The molecule has 0 radical (unpaired) electrons. The van der Waals surface area contributed by atoms with Crippen molar-refractivity contribution in [1.82, 2.24) is 4.72 Å². The highest BCUT2D eigenvalue weighted by Crippen LogP contribution is 2.29. The first-order valence-corrected chi connectivity index (χ1v) is 8.36.